The van der Waals surface area contributed by atoms with Gasteiger partial charge >= 0.3 is 0 Å². The fourth-order valence-corrected chi connectivity index (χ4v) is 2.20. The lowest BCUT2D eigenvalue weighted by atomic mass is 10.0. The Kier molecular flexibility index (Phi) is 2.79. The lowest BCUT2D eigenvalue weighted by Crippen LogP contribution is -2.18. The summed E-state index contributed by atoms with van der Waals surface area (Å²) in [7, 11) is 2.10. The van der Waals surface area contributed by atoms with Crippen molar-refractivity contribution in [2.75, 3.05) is 20.2 Å². The molecular formula is C11H16N2O. The van der Waals surface area contributed by atoms with E-state index >= 15 is 0 Å². The molecule has 0 radical (unpaired) electrons. The average molecular weight is 192 g/mol. The maximum absolute atomic E-state index is 9.11. The van der Waals surface area contributed by atoms with E-state index < -0.39 is 0 Å². The molecule has 0 spiro atoms. The predicted molar refractivity (Wildman–Crippen MR) is 54.8 cm³/mol. The summed E-state index contributed by atoms with van der Waals surface area (Å²) in [5.41, 5.74) is 1.26. The lowest BCUT2D eigenvalue weighted by molar-refractivity contribution is 0.227. The molecule has 0 bridgehead atoms. The van der Waals surface area contributed by atoms with Crippen LogP contribution in [0.3, 0.4) is 0 Å². The molecule has 1 saturated heterocycles. The van der Waals surface area contributed by atoms with Gasteiger partial charge in [0, 0.05) is 31.6 Å². The highest BCUT2D eigenvalue weighted by Gasteiger charge is 2.29. The second-order valence-corrected chi connectivity index (χ2v) is 4.03. The molecule has 2 heterocycles. The number of nitrogens with zero attached hydrogens (tertiary/aromatic N) is 2. The number of likely N-dealkylation sites (tertiary alicyclic amines) is 1. The summed E-state index contributed by atoms with van der Waals surface area (Å²) in [6.07, 6.45) is 4.75. The predicted octanol–water partition coefficient (Wildman–Crippen LogP) is 1.07. The maximum atomic E-state index is 9.11. The van der Waals surface area contributed by atoms with Crippen LogP contribution in [-0.2, 0) is 0 Å². The third-order valence-corrected chi connectivity index (χ3v) is 2.96. The molecule has 1 aliphatic heterocycles. The van der Waals surface area contributed by atoms with E-state index in [0.717, 1.165) is 13.0 Å². The molecule has 0 aromatic carbocycles. The normalized spacial score (nSPS) is 28.1. The van der Waals surface area contributed by atoms with Crippen molar-refractivity contribution in [3.8, 4) is 0 Å². The van der Waals surface area contributed by atoms with E-state index in [1.54, 1.807) is 6.20 Å². The molecule has 1 aliphatic rings. The Morgan fingerprint density at radius 3 is 3.07 bits per heavy atom. The first-order valence-corrected chi connectivity index (χ1v) is 5.02. The average Bonchev–Trinajstić information content (AvgIpc) is 2.61. The Hall–Kier alpha value is -0.930. The van der Waals surface area contributed by atoms with Gasteiger partial charge in [-0.1, -0.05) is 6.07 Å². The number of hydrogen-bond donors (Lipinski definition) is 1. The smallest absolute Gasteiger partial charge is 0.0472 e. The highest BCUT2D eigenvalue weighted by molar-refractivity contribution is 5.15. The first-order valence-electron chi connectivity index (χ1n) is 5.02. The third-order valence-electron chi connectivity index (χ3n) is 2.96. The minimum Gasteiger partial charge on any atom is -0.396 e. The van der Waals surface area contributed by atoms with Gasteiger partial charge in [0.15, 0.2) is 0 Å². The fourth-order valence-electron chi connectivity index (χ4n) is 2.20. The minimum absolute atomic E-state index is 0.293. The monoisotopic (exact) mass is 192 g/mol. The SMILES string of the molecule is CN1C[C@@H](CO)C[C@H]1c1cccnc1. The Labute approximate surface area is 84.4 Å². The molecular weight excluding hydrogens is 176 g/mol. The van der Waals surface area contributed by atoms with Crippen molar-refractivity contribution in [2.45, 2.75) is 12.5 Å². The van der Waals surface area contributed by atoms with E-state index in [4.69, 9.17) is 5.11 Å². The van der Waals surface area contributed by atoms with Crippen LogP contribution in [0.1, 0.15) is 18.0 Å². The number of aliphatic hydroxyl groups excluding tert-OH is 1. The topological polar surface area (TPSA) is 36.4 Å². The van der Waals surface area contributed by atoms with Crippen LogP contribution in [-0.4, -0.2) is 35.2 Å². The highest BCUT2D eigenvalue weighted by atomic mass is 16.3. The van der Waals surface area contributed by atoms with Gasteiger partial charge in [-0.15, -0.1) is 0 Å². The largest absolute Gasteiger partial charge is 0.396 e. The summed E-state index contributed by atoms with van der Waals surface area (Å²) in [6.45, 7) is 1.27. The molecule has 1 N–H and O–H groups in total. The Morgan fingerprint density at radius 2 is 2.50 bits per heavy atom. The molecule has 3 heteroatoms. The zero-order valence-electron chi connectivity index (χ0n) is 8.43. The quantitative estimate of drug-likeness (QED) is 0.761. The van der Waals surface area contributed by atoms with Crippen LogP contribution in [0.4, 0.5) is 0 Å². The minimum atomic E-state index is 0.293. The number of rotatable bonds is 2. The zero-order valence-corrected chi connectivity index (χ0v) is 8.43. The molecule has 1 fully saturated rings. The van der Waals surface area contributed by atoms with E-state index in [1.165, 1.54) is 5.56 Å². The van der Waals surface area contributed by atoms with Crippen LogP contribution in [0.2, 0.25) is 0 Å². The van der Waals surface area contributed by atoms with E-state index in [-0.39, 0.29) is 0 Å². The lowest BCUT2D eigenvalue weighted by Gasteiger charge is -2.18. The van der Waals surface area contributed by atoms with Gasteiger partial charge < -0.3 is 5.11 Å². The summed E-state index contributed by atoms with van der Waals surface area (Å²) < 4.78 is 0. The van der Waals surface area contributed by atoms with Gasteiger partial charge in [0.1, 0.15) is 0 Å². The summed E-state index contributed by atoms with van der Waals surface area (Å²) in [6, 6.07) is 4.50. The maximum Gasteiger partial charge on any atom is 0.0472 e. The third kappa shape index (κ3) is 1.79. The number of pyridine rings is 1. The second-order valence-electron chi connectivity index (χ2n) is 4.03. The van der Waals surface area contributed by atoms with E-state index in [1.807, 2.05) is 12.3 Å². The van der Waals surface area contributed by atoms with Gasteiger partial charge in [0.25, 0.3) is 0 Å². The van der Waals surface area contributed by atoms with Crippen LogP contribution in [0.5, 0.6) is 0 Å². The molecule has 1 aromatic heterocycles. The molecule has 0 saturated carbocycles. The fraction of sp³-hybridized carbons (Fsp3) is 0.545. The Balaban J connectivity index is 2.13. The van der Waals surface area contributed by atoms with Crippen LogP contribution in [0, 0.1) is 5.92 Å². The van der Waals surface area contributed by atoms with Gasteiger partial charge in [-0.25, -0.2) is 0 Å². The Morgan fingerprint density at radius 1 is 1.64 bits per heavy atom. The second kappa shape index (κ2) is 4.07. The van der Waals surface area contributed by atoms with Crippen molar-refractivity contribution in [3.63, 3.8) is 0 Å². The van der Waals surface area contributed by atoms with Gasteiger partial charge in [0.05, 0.1) is 0 Å². The van der Waals surface area contributed by atoms with E-state index in [0.29, 0.717) is 18.6 Å². The summed E-state index contributed by atoms with van der Waals surface area (Å²) >= 11 is 0. The van der Waals surface area contributed by atoms with Gasteiger partial charge in [-0.2, -0.15) is 0 Å². The molecule has 0 unspecified atom stereocenters. The molecule has 0 aliphatic carbocycles. The van der Waals surface area contributed by atoms with Crippen LogP contribution >= 0.6 is 0 Å². The standard InChI is InChI=1S/C11H16N2O/c1-13-7-9(8-14)5-11(13)10-3-2-4-12-6-10/h2-4,6,9,11,14H,5,7-8H2,1H3/t9-,11-/m0/s1. The van der Waals surface area contributed by atoms with Gasteiger partial charge in [-0.05, 0) is 31.0 Å². The van der Waals surface area contributed by atoms with Crippen molar-refractivity contribution in [3.05, 3.63) is 30.1 Å². The van der Waals surface area contributed by atoms with Gasteiger partial charge in [-0.3, -0.25) is 9.88 Å². The van der Waals surface area contributed by atoms with Crippen LogP contribution in [0.15, 0.2) is 24.5 Å². The molecule has 1 aromatic rings. The van der Waals surface area contributed by atoms with E-state index in [9.17, 15) is 0 Å². The molecule has 2 atom stereocenters. The summed E-state index contributed by atoms with van der Waals surface area (Å²) in [5.74, 6) is 0.421. The Bertz CT molecular complexity index is 289. The summed E-state index contributed by atoms with van der Waals surface area (Å²) in [5, 5.41) is 9.11. The first-order chi connectivity index (χ1) is 6.81. The first kappa shape index (κ1) is 9.62. The zero-order chi connectivity index (χ0) is 9.97. The van der Waals surface area contributed by atoms with Crippen molar-refractivity contribution in [2.24, 2.45) is 5.92 Å². The molecule has 14 heavy (non-hydrogen) atoms. The number of aliphatic hydroxyl groups is 1. The van der Waals surface area contributed by atoms with Crippen molar-refractivity contribution < 1.29 is 5.11 Å². The van der Waals surface area contributed by atoms with Crippen LogP contribution < -0.4 is 0 Å². The number of hydrogen-bond acceptors (Lipinski definition) is 3. The van der Waals surface area contributed by atoms with E-state index in [2.05, 4.69) is 23.0 Å². The summed E-state index contributed by atoms with van der Waals surface area (Å²) in [4.78, 5) is 6.41. The highest BCUT2D eigenvalue weighted by Crippen LogP contribution is 2.33. The van der Waals surface area contributed by atoms with Crippen molar-refractivity contribution >= 4 is 0 Å². The number of aromatic nitrogens is 1. The van der Waals surface area contributed by atoms with Gasteiger partial charge in [0.2, 0.25) is 0 Å². The van der Waals surface area contributed by atoms with Crippen molar-refractivity contribution in [1.82, 2.24) is 9.88 Å². The molecule has 3 nitrogen and oxygen atoms in total. The molecule has 76 valence electrons. The molecule has 2 rings (SSSR count). The molecule has 0 amide bonds. The van der Waals surface area contributed by atoms with Crippen molar-refractivity contribution in [1.29, 1.82) is 0 Å². The van der Waals surface area contributed by atoms with Crippen LogP contribution in [0.25, 0.3) is 0 Å².